The minimum absolute atomic E-state index is 0.115. The summed E-state index contributed by atoms with van der Waals surface area (Å²) in [5.41, 5.74) is 0.814. The fourth-order valence-corrected chi connectivity index (χ4v) is 3.77. The topological polar surface area (TPSA) is 15.3 Å². The molecule has 0 aliphatic heterocycles. The fraction of sp³-hybridized carbons (Fsp3) is 0.625. The van der Waals surface area contributed by atoms with Crippen molar-refractivity contribution in [2.24, 2.45) is 0 Å². The fourth-order valence-electron chi connectivity index (χ4n) is 3.57. The summed E-state index contributed by atoms with van der Waals surface area (Å²) in [6.45, 7) is 0. The van der Waals surface area contributed by atoms with E-state index in [9.17, 15) is 4.39 Å². The van der Waals surface area contributed by atoms with Crippen LogP contribution in [0.4, 0.5) is 4.39 Å². The van der Waals surface area contributed by atoms with Crippen LogP contribution in [0.2, 0.25) is 5.02 Å². The number of nitrogens with zero attached hydrogens (tertiary/aromatic N) is 1. The lowest BCUT2D eigenvalue weighted by Gasteiger charge is -2.43. The van der Waals surface area contributed by atoms with E-state index in [0.717, 1.165) is 12.8 Å². The molecule has 1 aliphatic rings. The van der Waals surface area contributed by atoms with Crippen LogP contribution in [0.5, 0.6) is 0 Å². The van der Waals surface area contributed by atoms with Crippen molar-refractivity contribution < 1.29 is 4.39 Å². The van der Waals surface area contributed by atoms with Gasteiger partial charge in [0.1, 0.15) is 5.82 Å². The molecule has 1 N–H and O–H groups in total. The maximum absolute atomic E-state index is 14.0. The van der Waals surface area contributed by atoms with E-state index in [-0.39, 0.29) is 17.4 Å². The summed E-state index contributed by atoms with van der Waals surface area (Å²) >= 11 is 6.00. The molecule has 1 unspecified atom stereocenters. The summed E-state index contributed by atoms with van der Waals surface area (Å²) in [6.07, 6.45) is 5.48. The first-order valence-corrected chi connectivity index (χ1v) is 7.66. The summed E-state index contributed by atoms with van der Waals surface area (Å²) in [6, 6.07) is 5.04. The molecule has 2 rings (SSSR count). The largest absolute Gasteiger partial charge is 0.315 e. The normalized spacial score (nSPS) is 19.5. The van der Waals surface area contributed by atoms with E-state index in [2.05, 4.69) is 24.3 Å². The van der Waals surface area contributed by atoms with Crippen LogP contribution in [-0.2, 0) is 6.42 Å². The SMILES string of the molecule is CNC(Cc1cc(Cl)ccc1F)C1(N(C)C)CCCC1. The number of nitrogens with one attached hydrogen (secondary N) is 1. The Morgan fingerprint density at radius 2 is 2.00 bits per heavy atom. The zero-order chi connectivity index (χ0) is 14.8. The van der Waals surface area contributed by atoms with E-state index in [0.29, 0.717) is 17.0 Å². The van der Waals surface area contributed by atoms with Crippen LogP contribution in [-0.4, -0.2) is 37.6 Å². The van der Waals surface area contributed by atoms with Gasteiger partial charge in [-0.3, -0.25) is 0 Å². The maximum atomic E-state index is 14.0. The highest BCUT2D eigenvalue weighted by Crippen LogP contribution is 2.38. The Labute approximate surface area is 126 Å². The Hall–Kier alpha value is -0.640. The van der Waals surface area contributed by atoms with Crippen molar-refractivity contribution in [3.05, 3.63) is 34.6 Å². The van der Waals surface area contributed by atoms with Crippen molar-refractivity contribution in [2.45, 2.75) is 43.7 Å². The monoisotopic (exact) mass is 298 g/mol. The summed E-state index contributed by atoms with van der Waals surface area (Å²) in [5, 5.41) is 4.01. The predicted octanol–water partition coefficient (Wildman–Crippen LogP) is 3.48. The lowest BCUT2D eigenvalue weighted by atomic mass is 9.83. The first-order valence-electron chi connectivity index (χ1n) is 7.28. The van der Waals surface area contributed by atoms with Crippen LogP contribution in [0.25, 0.3) is 0 Å². The minimum atomic E-state index is -0.165. The van der Waals surface area contributed by atoms with Gasteiger partial charge in [0.15, 0.2) is 0 Å². The Bertz CT molecular complexity index is 456. The van der Waals surface area contributed by atoms with Gasteiger partial charge in [0.2, 0.25) is 0 Å². The van der Waals surface area contributed by atoms with Crippen molar-refractivity contribution in [1.29, 1.82) is 0 Å². The van der Waals surface area contributed by atoms with Crippen LogP contribution in [0.3, 0.4) is 0 Å². The number of benzene rings is 1. The van der Waals surface area contributed by atoms with Gasteiger partial charge in [-0.1, -0.05) is 24.4 Å². The Morgan fingerprint density at radius 1 is 1.35 bits per heavy atom. The van der Waals surface area contributed by atoms with Gasteiger partial charge in [0.05, 0.1) is 0 Å². The van der Waals surface area contributed by atoms with E-state index < -0.39 is 0 Å². The number of rotatable bonds is 5. The summed E-state index contributed by atoms with van der Waals surface area (Å²) in [4.78, 5) is 2.31. The van der Waals surface area contributed by atoms with E-state index in [1.165, 1.54) is 18.9 Å². The zero-order valence-electron chi connectivity index (χ0n) is 12.5. The Kier molecular flexibility index (Phi) is 5.05. The van der Waals surface area contributed by atoms with Gasteiger partial charge in [0.25, 0.3) is 0 Å². The molecule has 1 aromatic carbocycles. The van der Waals surface area contributed by atoms with E-state index in [4.69, 9.17) is 11.6 Å². The van der Waals surface area contributed by atoms with E-state index in [1.807, 2.05) is 7.05 Å². The standard InChI is InChI=1S/C16H24ClFN2/c1-19-15(16(20(2)3)8-4-5-9-16)11-12-10-13(17)6-7-14(12)18/h6-7,10,15,19H,4-5,8-9,11H2,1-3H3. The van der Waals surface area contributed by atoms with Gasteiger partial charge in [-0.05, 0) is 64.2 Å². The highest BCUT2D eigenvalue weighted by Gasteiger charge is 2.42. The molecule has 20 heavy (non-hydrogen) atoms. The number of likely N-dealkylation sites (N-methyl/N-ethyl adjacent to an activating group) is 2. The second-order valence-corrected chi connectivity index (χ2v) is 6.42. The third kappa shape index (κ3) is 3.00. The van der Waals surface area contributed by atoms with E-state index in [1.54, 1.807) is 12.1 Å². The van der Waals surface area contributed by atoms with Crippen LogP contribution in [0.15, 0.2) is 18.2 Å². The lowest BCUT2D eigenvalue weighted by Crippen LogP contribution is -2.57. The Morgan fingerprint density at radius 3 is 2.55 bits per heavy atom. The molecule has 4 heteroatoms. The van der Waals surface area contributed by atoms with Crippen LogP contribution in [0.1, 0.15) is 31.2 Å². The Balaban J connectivity index is 2.26. The van der Waals surface area contributed by atoms with Gasteiger partial charge in [0, 0.05) is 16.6 Å². The predicted molar refractivity (Wildman–Crippen MR) is 82.8 cm³/mol. The second kappa shape index (κ2) is 6.42. The summed E-state index contributed by atoms with van der Waals surface area (Å²) < 4.78 is 14.0. The molecule has 1 atom stereocenters. The van der Waals surface area contributed by atoms with Crippen molar-refractivity contribution >= 4 is 11.6 Å². The van der Waals surface area contributed by atoms with Crippen molar-refractivity contribution in [1.82, 2.24) is 10.2 Å². The molecular formula is C16H24ClFN2. The molecule has 112 valence electrons. The van der Waals surface area contributed by atoms with Crippen LogP contribution in [0, 0.1) is 5.82 Å². The highest BCUT2D eigenvalue weighted by molar-refractivity contribution is 6.30. The third-order valence-electron chi connectivity index (χ3n) is 4.79. The number of hydrogen-bond donors (Lipinski definition) is 1. The van der Waals surface area contributed by atoms with Gasteiger partial charge < -0.3 is 10.2 Å². The number of halogens is 2. The molecule has 0 aromatic heterocycles. The first-order chi connectivity index (χ1) is 9.49. The molecule has 2 nitrogen and oxygen atoms in total. The maximum Gasteiger partial charge on any atom is 0.126 e. The summed E-state index contributed by atoms with van der Waals surface area (Å²) in [7, 11) is 6.23. The molecule has 0 spiro atoms. The lowest BCUT2D eigenvalue weighted by molar-refractivity contribution is 0.108. The molecule has 0 bridgehead atoms. The second-order valence-electron chi connectivity index (χ2n) is 5.99. The molecule has 0 amide bonds. The van der Waals surface area contributed by atoms with Crippen molar-refractivity contribution in [3.8, 4) is 0 Å². The molecule has 1 fully saturated rings. The zero-order valence-corrected chi connectivity index (χ0v) is 13.3. The third-order valence-corrected chi connectivity index (χ3v) is 5.02. The quantitative estimate of drug-likeness (QED) is 0.895. The molecule has 1 aromatic rings. The number of hydrogen-bond acceptors (Lipinski definition) is 2. The van der Waals surface area contributed by atoms with Crippen LogP contribution < -0.4 is 5.32 Å². The average Bonchev–Trinajstić information content (AvgIpc) is 2.90. The van der Waals surface area contributed by atoms with E-state index >= 15 is 0 Å². The first kappa shape index (κ1) is 15.7. The minimum Gasteiger partial charge on any atom is -0.315 e. The summed E-state index contributed by atoms with van der Waals surface area (Å²) in [5.74, 6) is -0.165. The average molecular weight is 299 g/mol. The van der Waals surface area contributed by atoms with Crippen molar-refractivity contribution in [2.75, 3.05) is 21.1 Å². The van der Waals surface area contributed by atoms with Gasteiger partial charge in [-0.2, -0.15) is 0 Å². The molecule has 0 radical (unpaired) electrons. The molecule has 0 heterocycles. The van der Waals surface area contributed by atoms with Gasteiger partial charge in [-0.25, -0.2) is 4.39 Å². The molecule has 0 saturated heterocycles. The molecular weight excluding hydrogens is 275 g/mol. The smallest absolute Gasteiger partial charge is 0.126 e. The van der Waals surface area contributed by atoms with Gasteiger partial charge >= 0.3 is 0 Å². The van der Waals surface area contributed by atoms with Crippen molar-refractivity contribution in [3.63, 3.8) is 0 Å². The highest BCUT2D eigenvalue weighted by atomic mass is 35.5. The molecule has 1 saturated carbocycles. The van der Waals surface area contributed by atoms with Crippen LogP contribution >= 0.6 is 11.6 Å². The molecule has 1 aliphatic carbocycles. The van der Waals surface area contributed by atoms with Gasteiger partial charge in [-0.15, -0.1) is 0 Å².